The van der Waals surface area contributed by atoms with E-state index in [9.17, 15) is 0 Å². The second-order valence-electron chi connectivity index (χ2n) is 6.26. The number of fused-ring (bicyclic) bond motifs is 1. The molecule has 26 heavy (non-hydrogen) atoms. The van der Waals surface area contributed by atoms with Gasteiger partial charge >= 0.3 is 0 Å². The van der Waals surface area contributed by atoms with Gasteiger partial charge in [-0.25, -0.2) is 4.98 Å². The van der Waals surface area contributed by atoms with Crippen LogP contribution in [0.2, 0.25) is 0 Å². The summed E-state index contributed by atoms with van der Waals surface area (Å²) in [6.45, 7) is 6.53. The number of hydrogen-bond acceptors (Lipinski definition) is 5. The van der Waals surface area contributed by atoms with E-state index in [1.807, 2.05) is 56.3 Å². The highest BCUT2D eigenvalue weighted by molar-refractivity contribution is 5.85. The predicted octanol–water partition coefficient (Wildman–Crippen LogP) is 4.97. The summed E-state index contributed by atoms with van der Waals surface area (Å²) in [5.74, 6) is 1.47. The van der Waals surface area contributed by atoms with E-state index in [1.165, 1.54) is 5.56 Å². The van der Waals surface area contributed by atoms with Crippen molar-refractivity contribution in [1.29, 1.82) is 0 Å². The minimum absolute atomic E-state index is 0.473. The Labute approximate surface area is 151 Å². The van der Waals surface area contributed by atoms with Gasteiger partial charge in [0.2, 0.25) is 11.7 Å². The number of benzene rings is 2. The molecule has 5 heteroatoms. The molecule has 5 nitrogen and oxygen atoms in total. The van der Waals surface area contributed by atoms with Crippen molar-refractivity contribution in [3.05, 3.63) is 59.7 Å². The smallest absolute Gasteiger partial charge is 0.258 e. The molecule has 0 fully saturated rings. The Balaban J connectivity index is 1.84. The monoisotopic (exact) mass is 345 g/mol. The zero-order valence-electron chi connectivity index (χ0n) is 15.0. The van der Waals surface area contributed by atoms with E-state index in [2.05, 4.69) is 28.1 Å². The van der Waals surface area contributed by atoms with E-state index in [0.29, 0.717) is 24.2 Å². The van der Waals surface area contributed by atoms with Gasteiger partial charge in [-0.2, -0.15) is 4.98 Å². The minimum atomic E-state index is 0.473. The minimum Gasteiger partial charge on any atom is -0.477 e. The van der Waals surface area contributed by atoms with Crippen molar-refractivity contribution >= 4 is 10.9 Å². The van der Waals surface area contributed by atoms with Crippen LogP contribution in [0.1, 0.15) is 18.1 Å². The van der Waals surface area contributed by atoms with Crippen molar-refractivity contribution in [1.82, 2.24) is 15.1 Å². The highest BCUT2D eigenvalue weighted by atomic mass is 16.5. The van der Waals surface area contributed by atoms with Crippen molar-refractivity contribution in [2.24, 2.45) is 0 Å². The molecule has 0 saturated heterocycles. The molecular weight excluding hydrogens is 326 g/mol. The molecule has 0 bridgehead atoms. The Morgan fingerprint density at radius 3 is 2.62 bits per heavy atom. The van der Waals surface area contributed by atoms with Crippen molar-refractivity contribution in [3.63, 3.8) is 0 Å². The molecule has 0 aliphatic heterocycles. The van der Waals surface area contributed by atoms with Gasteiger partial charge in [-0.1, -0.05) is 34.5 Å². The molecule has 2 heterocycles. The van der Waals surface area contributed by atoms with Gasteiger partial charge in [0.15, 0.2) is 0 Å². The first-order valence-corrected chi connectivity index (χ1v) is 8.59. The highest BCUT2D eigenvalue weighted by Crippen LogP contribution is 2.32. The number of aryl methyl sites for hydroxylation is 2. The fourth-order valence-corrected chi connectivity index (χ4v) is 2.91. The highest BCUT2D eigenvalue weighted by Gasteiger charge is 2.17. The van der Waals surface area contributed by atoms with Crippen LogP contribution in [0.15, 0.2) is 53.1 Å². The number of pyridine rings is 1. The first-order chi connectivity index (χ1) is 12.6. The van der Waals surface area contributed by atoms with Gasteiger partial charge in [0.05, 0.1) is 17.7 Å². The summed E-state index contributed by atoms with van der Waals surface area (Å²) < 4.78 is 11.2. The largest absolute Gasteiger partial charge is 0.477 e. The average molecular weight is 345 g/mol. The average Bonchev–Trinajstić information content (AvgIpc) is 3.11. The van der Waals surface area contributed by atoms with Crippen LogP contribution < -0.4 is 4.74 Å². The van der Waals surface area contributed by atoms with Crippen LogP contribution in [-0.4, -0.2) is 21.7 Å². The Morgan fingerprint density at radius 2 is 1.81 bits per heavy atom. The molecule has 0 spiro atoms. The summed E-state index contributed by atoms with van der Waals surface area (Å²) in [6.07, 6.45) is 0. The summed E-state index contributed by atoms with van der Waals surface area (Å²) in [5, 5.41) is 5.18. The maximum Gasteiger partial charge on any atom is 0.258 e. The molecule has 0 unspecified atom stereocenters. The number of aromatic nitrogens is 3. The molecule has 0 radical (unpaired) electrons. The summed E-state index contributed by atoms with van der Waals surface area (Å²) in [5.41, 5.74) is 4.81. The third-order valence-electron chi connectivity index (χ3n) is 4.15. The molecule has 0 atom stereocenters. The lowest BCUT2D eigenvalue weighted by Crippen LogP contribution is -1.98. The molecule has 0 aliphatic carbocycles. The Bertz CT molecular complexity index is 1090. The van der Waals surface area contributed by atoms with Gasteiger partial charge in [-0.15, -0.1) is 0 Å². The normalized spacial score (nSPS) is 11.0. The number of hydrogen-bond donors (Lipinski definition) is 0. The summed E-state index contributed by atoms with van der Waals surface area (Å²) >= 11 is 0. The standard InChI is InChI=1S/C21H19N3O2/c1-4-25-21-17(12-16-11-14(3)8-9-18(16)22-21)19-23-20(26-24-19)15-7-5-6-13(2)10-15/h5-12H,4H2,1-3H3. The molecule has 0 amide bonds. The van der Waals surface area contributed by atoms with Crippen LogP contribution in [-0.2, 0) is 0 Å². The molecule has 0 aliphatic rings. The van der Waals surface area contributed by atoms with Crippen LogP contribution in [0.25, 0.3) is 33.7 Å². The van der Waals surface area contributed by atoms with E-state index in [1.54, 1.807) is 0 Å². The molecule has 4 aromatic rings. The summed E-state index contributed by atoms with van der Waals surface area (Å²) in [6, 6.07) is 16.1. The second kappa shape index (κ2) is 6.59. The molecule has 130 valence electrons. The van der Waals surface area contributed by atoms with Gasteiger partial charge in [0, 0.05) is 10.9 Å². The molecule has 0 saturated carbocycles. The van der Waals surface area contributed by atoms with Crippen LogP contribution in [0.3, 0.4) is 0 Å². The van der Waals surface area contributed by atoms with Crippen molar-refractivity contribution in [2.45, 2.75) is 20.8 Å². The number of rotatable bonds is 4. The Morgan fingerprint density at radius 1 is 0.962 bits per heavy atom. The Kier molecular flexibility index (Phi) is 4.13. The lowest BCUT2D eigenvalue weighted by Gasteiger charge is -2.08. The molecule has 2 aromatic heterocycles. The van der Waals surface area contributed by atoms with Crippen LogP contribution in [0.5, 0.6) is 5.88 Å². The first kappa shape index (κ1) is 16.3. The maximum absolute atomic E-state index is 5.73. The summed E-state index contributed by atoms with van der Waals surface area (Å²) in [4.78, 5) is 9.20. The van der Waals surface area contributed by atoms with Crippen LogP contribution >= 0.6 is 0 Å². The molecular formula is C21H19N3O2. The van der Waals surface area contributed by atoms with Gasteiger partial charge in [-0.05, 0) is 51.1 Å². The molecule has 0 N–H and O–H groups in total. The molecule has 4 rings (SSSR count). The quantitative estimate of drug-likeness (QED) is 0.523. The second-order valence-corrected chi connectivity index (χ2v) is 6.26. The summed E-state index contributed by atoms with van der Waals surface area (Å²) in [7, 11) is 0. The third kappa shape index (κ3) is 3.04. The van der Waals surface area contributed by atoms with Crippen molar-refractivity contribution in [3.8, 4) is 28.7 Å². The van der Waals surface area contributed by atoms with Crippen LogP contribution in [0.4, 0.5) is 0 Å². The third-order valence-corrected chi connectivity index (χ3v) is 4.15. The lowest BCUT2D eigenvalue weighted by molar-refractivity contribution is 0.329. The first-order valence-electron chi connectivity index (χ1n) is 8.59. The van der Waals surface area contributed by atoms with Gasteiger partial charge in [0.1, 0.15) is 0 Å². The van der Waals surface area contributed by atoms with E-state index >= 15 is 0 Å². The zero-order chi connectivity index (χ0) is 18.1. The predicted molar refractivity (Wildman–Crippen MR) is 101 cm³/mol. The molecule has 2 aromatic carbocycles. The van der Waals surface area contributed by atoms with E-state index in [-0.39, 0.29) is 0 Å². The SMILES string of the molecule is CCOc1nc2ccc(C)cc2cc1-c1noc(-c2cccc(C)c2)n1. The topological polar surface area (TPSA) is 61.0 Å². The van der Waals surface area contributed by atoms with Gasteiger partial charge in [-0.3, -0.25) is 0 Å². The number of nitrogens with zero attached hydrogens (tertiary/aromatic N) is 3. The van der Waals surface area contributed by atoms with E-state index < -0.39 is 0 Å². The maximum atomic E-state index is 5.73. The lowest BCUT2D eigenvalue weighted by atomic mass is 10.1. The van der Waals surface area contributed by atoms with Gasteiger partial charge in [0.25, 0.3) is 5.89 Å². The van der Waals surface area contributed by atoms with Crippen molar-refractivity contribution < 1.29 is 9.26 Å². The zero-order valence-corrected chi connectivity index (χ0v) is 15.0. The Hall–Kier alpha value is -3.21. The fraction of sp³-hybridized carbons (Fsp3) is 0.190. The number of ether oxygens (including phenoxy) is 1. The van der Waals surface area contributed by atoms with Crippen molar-refractivity contribution in [2.75, 3.05) is 6.61 Å². The van der Waals surface area contributed by atoms with E-state index in [0.717, 1.165) is 27.6 Å². The van der Waals surface area contributed by atoms with Crippen LogP contribution in [0, 0.1) is 13.8 Å². The van der Waals surface area contributed by atoms with Gasteiger partial charge < -0.3 is 9.26 Å². The fourth-order valence-electron chi connectivity index (χ4n) is 2.91. The van der Waals surface area contributed by atoms with E-state index in [4.69, 9.17) is 9.26 Å².